The van der Waals surface area contributed by atoms with Crippen LogP contribution < -0.4 is 15.5 Å². The van der Waals surface area contributed by atoms with Crippen LogP contribution in [-0.2, 0) is 9.53 Å². The molecule has 9 nitrogen and oxygen atoms in total. The number of hydrogen-bond acceptors (Lipinski definition) is 7. The molecule has 0 aromatic heterocycles. The van der Waals surface area contributed by atoms with Crippen molar-refractivity contribution in [1.29, 1.82) is 0 Å². The molecule has 2 rings (SSSR count). The van der Waals surface area contributed by atoms with E-state index in [1.165, 1.54) is 30.8 Å². The SMILES string of the molecule is COc1ccc([C@@H](OC(=O)NC(=O)c2ccccc2)C(C)(C)/C=C/C(=O)NO)cc1O. The highest BCUT2D eigenvalue weighted by molar-refractivity contribution is 6.02. The second-order valence-corrected chi connectivity index (χ2v) is 7.17. The van der Waals surface area contributed by atoms with Gasteiger partial charge in [0.1, 0.15) is 6.10 Å². The van der Waals surface area contributed by atoms with Gasteiger partial charge in [-0.25, -0.2) is 10.3 Å². The van der Waals surface area contributed by atoms with E-state index >= 15 is 0 Å². The van der Waals surface area contributed by atoms with E-state index in [2.05, 4.69) is 5.32 Å². The Hall–Kier alpha value is -3.85. The average Bonchev–Trinajstić information content (AvgIpc) is 2.76. The Morgan fingerprint density at radius 3 is 2.35 bits per heavy atom. The number of benzene rings is 2. The smallest absolute Gasteiger partial charge is 0.414 e. The van der Waals surface area contributed by atoms with Gasteiger partial charge in [-0.15, -0.1) is 0 Å². The predicted octanol–water partition coefficient (Wildman–Crippen LogP) is 3.10. The minimum atomic E-state index is -1.02. The van der Waals surface area contributed by atoms with Crippen LogP contribution in [0, 0.1) is 5.41 Å². The van der Waals surface area contributed by atoms with Crippen molar-refractivity contribution in [2.45, 2.75) is 20.0 Å². The van der Waals surface area contributed by atoms with E-state index in [0.29, 0.717) is 5.56 Å². The molecule has 2 aromatic carbocycles. The highest BCUT2D eigenvalue weighted by Crippen LogP contribution is 2.40. The number of rotatable bonds is 7. The molecule has 0 aliphatic heterocycles. The summed E-state index contributed by atoms with van der Waals surface area (Å²) in [4.78, 5) is 36.1. The molecule has 9 heteroatoms. The lowest BCUT2D eigenvalue weighted by Gasteiger charge is -2.31. The summed E-state index contributed by atoms with van der Waals surface area (Å²) in [5.74, 6) is -1.37. The maximum absolute atomic E-state index is 12.5. The first-order chi connectivity index (χ1) is 14.7. The number of hydroxylamine groups is 1. The average molecular weight is 428 g/mol. The Kier molecular flexibility index (Phi) is 7.75. The summed E-state index contributed by atoms with van der Waals surface area (Å²) >= 11 is 0. The molecule has 3 amide bonds. The zero-order valence-electron chi connectivity index (χ0n) is 17.3. The molecule has 31 heavy (non-hydrogen) atoms. The Morgan fingerprint density at radius 2 is 1.77 bits per heavy atom. The number of nitrogens with one attached hydrogen (secondary N) is 2. The number of amides is 3. The number of phenols is 1. The Bertz CT molecular complexity index is 971. The van der Waals surface area contributed by atoms with Gasteiger partial charge in [-0.05, 0) is 29.8 Å². The minimum absolute atomic E-state index is 0.178. The quantitative estimate of drug-likeness (QED) is 0.302. The minimum Gasteiger partial charge on any atom is -0.504 e. The molecular weight excluding hydrogens is 404 g/mol. The van der Waals surface area contributed by atoms with E-state index in [9.17, 15) is 19.5 Å². The Labute approximate surface area is 179 Å². The third-order valence-corrected chi connectivity index (χ3v) is 4.43. The molecule has 0 unspecified atom stereocenters. The van der Waals surface area contributed by atoms with Crippen LogP contribution >= 0.6 is 0 Å². The van der Waals surface area contributed by atoms with E-state index in [1.807, 2.05) is 0 Å². The van der Waals surface area contributed by atoms with Gasteiger partial charge in [-0.3, -0.25) is 20.1 Å². The molecule has 164 valence electrons. The topological polar surface area (TPSA) is 134 Å². The summed E-state index contributed by atoms with van der Waals surface area (Å²) in [5.41, 5.74) is 1.16. The lowest BCUT2D eigenvalue weighted by atomic mass is 9.82. The summed E-state index contributed by atoms with van der Waals surface area (Å²) in [6.07, 6.45) is 0.474. The normalized spacial score (nSPS) is 12.1. The molecule has 1 atom stereocenters. The van der Waals surface area contributed by atoms with E-state index < -0.39 is 29.4 Å². The van der Waals surface area contributed by atoms with Gasteiger partial charge in [-0.2, -0.15) is 0 Å². The Morgan fingerprint density at radius 1 is 1.10 bits per heavy atom. The third-order valence-electron chi connectivity index (χ3n) is 4.43. The monoisotopic (exact) mass is 428 g/mol. The number of aromatic hydroxyl groups is 1. The molecule has 0 spiro atoms. The van der Waals surface area contributed by atoms with Crippen LogP contribution in [0.15, 0.2) is 60.7 Å². The van der Waals surface area contributed by atoms with E-state index in [4.69, 9.17) is 14.7 Å². The highest BCUT2D eigenvalue weighted by Gasteiger charge is 2.33. The maximum atomic E-state index is 12.5. The van der Waals surface area contributed by atoms with Crippen LogP contribution in [0.1, 0.15) is 35.9 Å². The first-order valence-corrected chi connectivity index (χ1v) is 9.25. The number of ether oxygens (including phenoxy) is 2. The highest BCUT2D eigenvalue weighted by atomic mass is 16.6. The van der Waals surface area contributed by atoms with Crippen molar-refractivity contribution in [2.24, 2.45) is 5.41 Å². The molecule has 0 aliphatic carbocycles. The van der Waals surface area contributed by atoms with Gasteiger partial charge in [0.15, 0.2) is 11.5 Å². The number of phenolic OH excluding ortho intramolecular Hbond substituents is 1. The third kappa shape index (κ3) is 6.31. The van der Waals surface area contributed by atoms with Crippen LogP contribution in [0.25, 0.3) is 0 Å². The van der Waals surface area contributed by atoms with Gasteiger partial charge in [0.05, 0.1) is 7.11 Å². The zero-order valence-corrected chi connectivity index (χ0v) is 17.3. The number of carbonyl (C=O) groups excluding carboxylic acids is 3. The van der Waals surface area contributed by atoms with Crippen molar-refractivity contribution in [3.8, 4) is 11.5 Å². The van der Waals surface area contributed by atoms with Gasteiger partial charge in [0.25, 0.3) is 11.8 Å². The number of methoxy groups -OCH3 is 1. The van der Waals surface area contributed by atoms with E-state index in [1.54, 1.807) is 50.2 Å². The first-order valence-electron chi connectivity index (χ1n) is 9.25. The summed E-state index contributed by atoms with van der Waals surface area (Å²) in [6, 6.07) is 12.6. The molecule has 0 bridgehead atoms. The number of alkyl carbamates (subject to hydrolysis) is 1. The molecule has 0 saturated carbocycles. The van der Waals surface area contributed by atoms with Crippen molar-refractivity contribution < 1.29 is 34.2 Å². The molecule has 0 radical (unpaired) electrons. The van der Waals surface area contributed by atoms with Gasteiger partial charge in [-0.1, -0.05) is 44.2 Å². The van der Waals surface area contributed by atoms with Gasteiger partial charge in [0, 0.05) is 17.1 Å². The van der Waals surface area contributed by atoms with Gasteiger partial charge < -0.3 is 14.6 Å². The number of carbonyl (C=O) groups is 3. The number of hydrogen-bond donors (Lipinski definition) is 4. The molecule has 0 fully saturated rings. The van der Waals surface area contributed by atoms with Gasteiger partial charge >= 0.3 is 6.09 Å². The zero-order chi connectivity index (χ0) is 23.0. The Balaban J connectivity index is 2.31. The van der Waals surface area contributed by atoms with Crippen molar-refractivity contribution in [3.63, 3.8) is 0 Å². The second-order valence-electron chi connectivity index (χ2n) is 7.17. The van der Waals surface area contributed by atoms with Crippen molar-refractivity contribution in [3.05, 3.63) is 71.8 Å². The lowest BCUT2D eigenvalue weighted by Crippen LogP contribution is -2.35. The van der Waals surface area contributed by atoms with Crippen molar-refractivity contribution in [2.75, 3.05) is 7.11 Å². The summed E-state index contributed by atoms with van der Waals surface area (Å²) in [5, 5.41) is 21.0. The largest absolute Gasteiger partial charge is 0.504 e. The molecule has 0 saturated heterocycles. The molecule has 0 heterocycles. The summed E-state index contributed by atoms with van der Waals surface area (Å²) < 4.78 is 10.6. The fourth-order valence-electron chi connectivity index (χ4n) is 2.83. The molecule has 4 N–H and O–H groups in total. The van der Waals surface area contributed by atoms with Gasteiger partial charge in [0.2, 0.25) is 0 Å². The van der Waals surface area contributed by atoms with Crippen LogP contribution in [0.3, 0.4) is 0 Å². The van der Waals surface area contributed by atoms with Crippen LogP contribution in [0.2, 0.25) is 0 Å². The van der Waals surface area contributed by atoms with Crippen LogP contribution in [-0.4, -0.2) is 35.3 Å². The molecule has 2 aromatic rings. The molecule has 0 aliphatic rings. The maximum Gasteiger partial charge on any atom is 0.414 e. The predicted molar refractivity (Wildman–Crippen MR) is 111 cm³/mol. The molecular formula is C22H24N2O7. The van der Waals surface area contributed by atoms with Crippen molar-refractivity contribution in [1.82, 2.24) is 10.8 Å². The van der Waals surface area contributed by atoms with E-state index in [0.717, 1.165) is 6.08 Å². The summed E-state index contributed by atoms with van der Waals surface area (Å²) in [7, 11) is 1.39. The van der Waals surface area contributed by atoms with Crippen LogP contribution in [0.5, 0.6) is 11.5 Å². The first kappa shape index (κ1) is 23.4. The van der Waals surface area contributed by atoms with E-state index in [-0.39, 0.29) is 17.1 Å². The second kappa shape index (κ2) is 10.3. The lowest BCUT2D eigenvalue weighted by molar-refractivity contribution is -0.124. The fraction of sp³-hybridized carbons (Fsp3) is 0.227. The standard InChI is InChI=1S/C22H24N2O7/c1-22(2,12-11-18(26)24-29)19(15-9-10-17(30-3)16(25)13-15)31-21(28)23-20(27)14-7-5-4-6-8-14/h4-13,19,25,29H,1-3H3,(H,24,26)(H,23,27,28)/b12-11+/t19-/m1/s1. The number of imide groups is 1. The van der Waals surface area contributed by atoms with Crippen LogP contribution in [0.4, 0.5) is 4.79 Å². The fourth-order valence-corrected chi connectivity index (χ4v) is 2.83. The van der Waals surface area contributed by atoms with Crippen molar-refractivity contribution >= 4 is 17.9 Å². The summed E-state index contributed by atoms with van der Waals surface area (Å²) in [6.45, 7) is 3.35.